The SMILES string of the molecule is CSn1cc(-c2noc(C3CCCN3C(=NC(=O)OC(C)(C)C)NC(=O)OC(C)(C)C)n2)c2ccccc21. The van der Waals surface area contributed by atoms with E-state index in [1.54, 1.807) is 58.4 Å². The van der Waals surface area contributed by atoms with Gasteiger partial charge in [-0.05, 0) is 72.4 Å². The smallest absolute Gasteiger partial charge is 0.437 e. The summed E-state index contributed by atoms with van der Waals surface area (Å²) in [5.74, 6) is 0.831. The average Bonchev–Trinajstić information content (AvgIpc) is 3.53. The summed E-state index contributed by atoms with van der Waals surface area (Å²) in [4.78, 5) is 35.8. The van der Waals surface area contributed by atoms with Crippen LogP contribution in [-0.4, -0.2) is 61.2 Å². The van der Waals surface area contributed by atoms with Crippen molar-refractivity contribution in [3.63, 3.8) is 0 Å². The average molecular weight is 543 g/mol. The Balaban J connectivity index is 1.65. The van der Waals surface area contributed by atoms with Gasteiger partial charge < -0.3 is 18.9 Å². The minimum absolute atomic E-state index is 0.00901. The van der Waals surface area contributed by atoms with Crippen LogP contribution in [-0.2, 0) is 9.47 Å². The standard InChI is InChI=1S/C26H34N6O5S/c1-25(2,3)35-23(33)28-22(29-24(34)36-26(4,5)6)31-14-10-13-19(31)21-27-20(30-37-21)17-15-32(38-7)18-12-9-8-11-16(17)18/h8-9,11-12,15,19H,10,13-14H2,1-7H3,(H,28,29,33,34). The molecule has 1 saturated heterocycles. The van der Waals surface area contributed by atoms with Gasteiger partial charge in [-0.3, -0.25) is 9.29 Å². The molecule has 3 aromatic rings. The van der Waals surface area contributed by atoms with Gasteiger partial charge in [-0.25, -0.2) is 9.59 Å². The number of guanidine groups is 1. The van der Waals surface area contributed by atoms with Crippen LogP contribution in [0, 0.1) is 0 Å². The Morgan fingerprint density at radius 1 is 1.13 bits per heavy atom. The number of amides is 2. The second-order valence-corrected chi connectivity index (χ2v) is 11.7. The summed E-state index contributed by atoms with van der Waals surface area (Å²) in [7, 11) is 0. The number of likely N-dealkylation sites (tertiary alicyclic amines) is 1. The van der Waals surface area contributed by atoms with Crippen molar-refractivity contribution in [2.24, 2.45) is 4.99 Å². The van der Waals surface area contributed by atoms with Crippen LogP contribution in [0.5, 0.6) is 0 Å². The fourth-order valence-corrected chi connectivity index (χ4v) is 4.73. The van der Waals surface area contributed by atoms with Gasteiger partial charge >= 0.3 is 12.2 Å². The molecule has 3 heterocycles. The summed E-state index contributed by atoms with van der Waals surface area (Å²) in [6, 6.07) is 7.61. The normalized spacial score (nSPS) is 16.7. The van der Waals surface area contributed by atoms with Gasteiger partial charge in [-0.15, -0.1) is 4.99 Å². The lowest BCUT2D eigenvalue weighted by Gasteiger charge is -2.27. The first-order valence-corrected chi connectivity index (χ1v) is 13.6. The molecule has 2 aromatic heterocycles. The maximum atomic E-state index is 12.6. The van der Waals surface area contributed by atoms with Crippen LogP contribution in [0.1, 0.15) is 66.3 Å². The van der Waals surface area contributed by atoms with Gasteiger partial charge in [0.15, 0.2) is 0 Å². The summed E-state index contributed by atoms with van der Waals surface area (Å²) in [6.07, 6.45) is 3.84. The monoisotopic (exact) mass is 542 g/mol. The van der Waals surface area contributed by atoms with E-state index in [-0.39, 0.29) is 5.96 Å². The minimum Gasteiger partial charge on any atom is -0.444 e. The van der Waals surface area contributed by atoms with Crippen LogP contribution in [0.15, 0.2) is 40.0 Å². The third-order valence-corrected chi connectivity index (χ3v) is 6.27. The molecule has 11 nitrogen and oxygen atoms in total. The third-order valence-electron chi connectivity index (χ3n) is 5.57. The maximum Gasteiger partial charge on any atom is 0.437 e. The van der Waals surface area contributed by atoms with Crippen molar-refractivity contribution in [1.82, 2.24) is 24.3 Å². The number of rotatable bonds is 3. The van der Waals surface area contributed by atoms with Crippen molar-refractivity contribution in [2.75, 3.05) is 12.8 Å². The topological polar surface area (TPSA) is 124 Å². The van der Waals surface area contributed by atoms with Crippen LogP contribution >= 0.6 is 11.9 Å². The number of hydrogen-bond donors (Lipinski definition) is 1. The minimum atomic E-state index is -0.828. The van der Waals surface area contributed by atoms with Crippen LogP contribution < -0.4 is 5.32 Å². The van der Waals surface area contributed by atoms with Crippen LogP contribution in [0.4, 0.5) is 9.59 Å². The summed E-state index contributed by atoms with van der Waals surface area (Å²) < 4.78 is 18.5. The number of fused-ring (bicyclic) bond motifs is 1. The van der Waals surface area contributed by atoms with Gasteiger partial charge in [0.2, 0.25) is 17.7 Å². The molecule has 1 fully saturated rings. The number of aromatic nitrogens is 3. The van der Waals surface area contributed by atoms with E-state index in [1.807, 2.05) is 36.7 Å². The van der Waals surface area contributed by atoms with E-state index in [2.05, 4.69) is 19.4 Å². The van der Waals surface area contributed by atoms with Crippen molar-refractivity contribution >= 4 is 41.0 Å². The number of nitrogens with one attached hydrogen (secondary N) is 1. The molecule has 1 atom stereocenters. The summed E-state index contributed by atoms with van der Waals surface area (Å²) in [6.45, 7) is 11.0. The molecule has 38 heavy (non-hydrogen) atoms. The predicted octanol–water partition coefficient (Wildman–Crippen LogP) is 5.77. The van der Waals surface area contributed by atoms with Gasteiger partial charge in [-0.2, -0.15) is 4.98 Å². The zero-order valence-corrected chi connectivity index (χ0v) is 23.6. The third kappa shape index (κ3) is 6.47. The fraction of sp³-hybridized carbons (Fsp3) is 0.500. The quantitative estimate of drug-likeness (QED) is 0.324. The zero-order chi connectivity index (χ0) is 27.7. The zero-order valence-electron chi connectivity index (χ0n) is 22.8. The highest BCUT2D eigenvalue weighted by molar-refractivity contribution is 7.97. The number of para-hydroxylation sites is 1. The molecule has 0 radical (unpaired) electrons. The van der Waals surface area contributed by atoms with E-state index >= 15 is 0 Å². The lowest BCUT2D eigenvalue weighted by atomic mass is 10.1. The molecule has 4 rings (SSSR count). The summed E-state index contributed by atoms with van der Waals surface area (Å²) >= 11 is 1.58. The van der Waals surface area contributed by atoms with Crippen molar-refractivity contribution in [3.05, 3.63) is 36.4 Å². The van der Waals surface area contributed by atoms with E-state index in [4.69, 9.17) is 19.0 Å². The Kier molecular flexibility index (Phi) is 7.73. The highest BCUT2D eigenvalue weighted by atomic mass is 32.2. The van der Waals surface area contributed by atoms with Crippen molar-refractivity contribution in [1.29, 1.82) is 0 Å². The highest BCUT2D eigenvalue weighted by Crippen LogP contribution is 2.35. The number of carbonyl (C=O) groups is 2. The molecule has 12 heteroatoms. The molecule has 0 bridgehead atoms. The summed E-state index contributed by atoms with van der Waals surface area (Å²) in [5.41, 5.74) is 0.420. The van der Waals surface area contributed by atoms with Crippen molar-refractivity contribution in [2.45, 2.75) is 71.6 Å². The molecule has 1 aromatic carbocycles. The van der Waals surface area contributed by atoms with Crippen molar-refractivity contribution < 1.29 is 23.6 Å². The van der Waals surface area contributed by atoms with Gasteiger partial charge in [0.25, 0.3) is 0 Å². The highest BCUT2D eigenvalue weighted by Gasteiger charge is 2.35. The van der Waals surface area contributed by atoms with E-state index in [1.165, 1.54) is 0 Å². The molecular weight excluding hydrogens is 508 g/mol. The molecule has 0 spiro atoms. The number of aliphatic imine (C=N–C) groups is 1. The number of carbonyl (C=O) groups excluding carboxylic acids is 2. The molecule has 1 unspecified atom stereocenters. The first kappa shape index (κ1) is 27.5. The van der Waals surface area contributed by atoms with Crippen molar-refractivity contribution in [3.8, 4) is 11.4 Å². The summed E-state index contributed by atoms with van der Waals surface area (Å²) in [5, 5.41) is 7.90. The first-order valence-electron chi connectivity index (χ1n) is 12.4. The molecule has 1 N–H and O–H groups in total. The van der Waals surface area contributed by atoms with Gasteiger partial charge in [0.05, 0.1) is 5.52 Å². The van der Waals surface area contributed by atoms with Crippen LogP contribution in [0.2, 0.25) is 0 Å². The molecule has 2 amide bonds. The number of nitrogens with zero attached hydrogens (tertiary/aromatic N) is 5. The lowest BCUT2D eigenvalue weighted by molar-refractivity contribution is 0.0553. The molecule has 1 aliphatic heterocycles. The fourth-order valence-electron chi connectivity index (χ4n) is 4.17. The van der Waals surface area contributed by atoms with E-state index in [0.717, 1.165) is 22.9 Å². The molecule has 1 aliphatic rings. The molecule has 204 valence electrons. The van der Waals surface area contributed by atoms with Crippen LogP contribution in [0.3, 0.4) is 0 Å². The maximum absolute atomic E-state index is 12.6. The molecule has 0 saturated carbocycles. The number of ether oxygens (including phenoxy) is 2. The van der Waals surface area contributed by atoms with Gasteiger partial charge in [-0.1, -0.05) is 23.4 Å². The number of benzene rings is 1. The molecule has 0 aliphatic carbocycles. The van der Waals surface area contributed by atoms with Gasteiger partial charge in [0, 0.05) is 29.9 Å². The first-order chi connectivity index (χ1) is 17.8. The Hall–Kier alpha value is -3.54. The van der Waals surface area contributed by atoms with E-state index in [9.17, 15) is 9.59 Å². The van der Waals surface area contributed by atoms with Crippen LogP contribution in [0.25, 0.3) is 22.3 Å². The van der Waals surface area contributed by atoms with Gasteiger partial charge in [0.1, 0.15) is 17.2 Å². The Labute approximate surface area is 226 Å². The largest absolute Gasteiger partial charge is 0.444 e. The number of alkyl carbamates (subject to hydrolysis) is 1. The van der Waals surface area contributed by atoms with E-state index in [0.29, 0.717) is 24.7 Å². The number of hydrogen-bond acceptors (Lipinski definition) is 8. The lowest BCUT2D eigenvalue weighted by Crippen LogP contribution is -2.46. The predicted molar refractivity (Wildman–Crippen MR) is 146 cm³/mol. The Morgan fingerprint density at radius 2 is 1.84 bits per heavy atom. The second-order valence-electron chi connectivity index (χ2n) is 10.9. The Morgan fingerprint density at radius 3 is 2.53 bits per heavy atom. The second kappa shape index (κ2) is 10.7. The Bertz CT molecular complexity index is 1350. The van der Waals surface area contributed by atoms with E-state index < -0.39 is 29.4 Å². The molecular formula is C26H34N6O5S.